The molecule has 0 aliphatic rings. The van der Waals surface area contributed by atoms with Crippen molar-refractivity contribution in [1.82, 2.24) is 0 Å². The fraction of sp³-hybridized carbons (Fsp3) is 0.769. The molecule has 0 aromatic rings. The van der Waals surface area contributed by atoms with Gasteiger partial charge in [0.25, 0.3) is 0 Å². The molecule has 0 unspecified atom stereocenters. The summed E-state index contributed by atoms with van der Waals surface area (Å²) in [6, 6.07) is 0.964. The van der Waals surface area contributed by atoms with Crippen LogP contribution in [0.15, 0.2) is 12.2 Å². The lowest BCUT2D eigenvalue weighted by Gasteiger charge is -2.31. The van der Waals surface area contributed by atoms with Gasteiger partial charge in [-0.3, -0.25) is 0 Å². The molecular weight excluding hydrogens is 276 g/mol. The summed E-state index contributed by atoms with van der Waals surface area (Å²) in [5.74, 6) is -0.361. The fourth-order valence-corrected chi connectivity index (χ4v) is 9.29. The van der Waals surface area contributed by atoms with Gasteiger partial charge < -0.3 is 13.6 Å². The Morgan fingerprint density at radius 2 is 1.63 bits per heavy atom. The highest BCUT2D eigenvalue weighted by molar-refractivity contribution is 6.84. The van der Waals surface area contributed by atoms with Crippen LogP contribution in [0.25, 0.3) is 0 Å². The van der Waals surface area contributed by atoms with Crippen LogP contribution in [-0.2, 0) is 18.4 Å². The molecular formula is C13H28O4Si2. The second-order valence-corrected chi connectivity index (χ2v) is 15.3. The van der Waals surface area contributed by atoms with Crippen LogP contribution in [0.5, 0.6) is 0 Å². The molecule has 19 heavy (non-hydrogen) atoms. The maximum absolute atomic E-state index is 11.1. The SMILES string of the molecule is C=C(C)C(=O)OCCOCC[Si](C)(C)O[Si](C)(C)C. The summed E-state index contributed by atoms with van der Waals surface area (Å²) in [5.41, 5.74) is 0.414. The maximum Gasteiger partial charge on any atom is 0.333 e. The van der Waals surface area contributed by atoms with Gasteiger partial charge in [0.05, 0.1) is 6.61 Å². The summed E-state index contributed by atoms with van der Waals surface area (Å²) < 4.78 is 16.6. The van der Waals surface area contributed by atoms with Crippen LogP contribution in [0.2, 0.25) is 38.8 Å². The predicted molar refractivity (Wildman–Crippen MR) is 83.3 cm³/mol. The first kappa shape index (κ1) is 18.6. The summed E-state index contributed by atoms with van der Waals surface area (Å²) in [7, 11) is -3.09. The largest absolute Gasteiger partial charge is 0.460 e. The van der Waals surface area contributed by atoms with E-state index < -0.39 is 16.6 Å². The van der Waals surface area contributed by atoms with Crippen molar-refractivity contribution in [2.24, 2.45) is 0 Å². The van der Waals surface area contributed by atoms with E-state index in [1.54, 1.807) is 6.92 Å². The molecule has 112 valence electrons. The van der Waals surface area contributed by atoms with Gasteiger partial charge in [0.15, 0.2) is 16.6 Å². The van der Waals surface area contributed by atoms with Crippen LogP contribution in [0.4, 0.5) is 0 Å². The average molecular weight is 305 g/mol. The normalized spacial score (nSPS) is 12.3. The van der Waals surface area contributed by atoms with Crippen LogP contribution >= 0.6 is 0 Å². The maximum atomic E-state index is 11.1. The van der Waals surface area contributed by atoms with Gasteiger partial charge in [-0.2, -0.15) is 0 Å². The van der Waals surface area contributed by atoms with Crippen molar-refractivity contribution in [1.29, 1.82) is 0 Å². The third-order valence-corrected chi connectivity index (χ3v) is 8.31. The molecule has 6 heteroatoms. The van der Waals surface area contributed by atoms with Crippen LogP contribution < -0.4 is 0 Å². The van der Waals surface area contributed by atoms with Gasteiger partial charge in [-0.15, -0.1) is 0 Å². The highest BCUT2D eigenvalue weighted by Gasteiger charge is 2.29. The Hall–Kier alpha value is -0.436. The Labute approximate surface area is 119 Å². The standard InChI is InChI=1S/C13H28O4Si2/c1-12(2)13(14)16-9-8-15-10-11-19(6,7)17-18(3,4)5/h1,8-11H2,2-7H3. The van der Waals surface area contributed by atoms with Crippen LogP contribution in [-0.4, -0.2) is 42.4 Å². The molecule has 0 heterocycles. The van der Waals surface area contributed by atoms with Gasteiger partial charge in [0.2, 0.25) is 0 Å². The first-order valence-corrected chi connectivity index (χ1v) is 13.2. The van der Waals surface area contributed by atoms with Gasteiger partial charge in [0.1, 0.15) is 6.61 Å². The zero-order chi connectivity index (χ0) is 15.1. The van der Waals surface area contributed by atoms with E-state index in [-0.39, 0.29) is 12.6 Å². The molecule has 0 radical (unpaired) electrons. The van der Waals surface area contributed by atoms with Crippen molar-refractivity contribution in [2.75, 3.05) is 19.8 Å². The van der Waals surface area contributed by atoms with E-state index in [1.165, 1.54) is 0 Å². The topological polar surface area (TPSA) is 44.8 Å². The molecule has 0 spiro atoms. The van der Waals surface area contributed by atoms with Crippen molar-refractivity contribution in [3.05, 3.63) is 12.2 Å². The molecule has 4 nitrogen and oxygen atoms in total. The molecule has 0 amide bonds. The number of hydrogen-bond acceptors (Lipinski definition) is 4. The van der Waals surface area contributed by atoms with E-state index in [9.17, 15) is 4.79 Å². The first-order chi connectivity index (χ1) is 8.53. The molecule has 0 saturated heterocycles. The molecule has 0 atom stereocenters. The smallest absolute Gasteiger partial charge is 0.333 e. The second kappa shape index (κ2) is 7.99. The highest BCUT2D eigenvalue weighted by atomic mass is 28.4. The summed E-state index contributed by atoms with van der Waals surface area (Å²) in [4.78, 5) is 11.1. The van der Waals surface area contributed by atoms with E-state index in [2.05, 4.69) is 39.3 Å². The number of ether oxygens (including phenoxy) is 2. The fourth-order valence-electron chi connectivity index (χ4n) is 1.62. The third-order valence-electron chi connectivity index (χ3n) is 2.24. The molecule has 0 rings (SSSR count). The monoisotopic (exact) mass is 304 g/mol. The molecule has 0 aromatic carbocycles. The minimum Gasteiger partial charge on any atom is -0.460 e. The van der Waals surface area contributed by atoms with Crippen LogP contribution in [0, 0.1) is 0 Å². The Balaban J connectivity index is 3.69. The Kier molecular flexibility index (Phi) is 7.80. The molecule has 0 fully saturated rings. The van der Waals surface area contributed by atoms with E-state index in [0.717, 1.165) is 6.04 Å². The molecule has 0 bridgehead atoms. The molecule has 0 aliphatic heterocycles. The Morgan fingerprint density at radius 1 is 1.05 bits per heavy atom. The number of hydrogen-bond donors (Lipinski definition) is 0. The van der Waals surface area contributed by atoms with Crippen molar-refractivity contribution in [3.8, 4) is 0 Å². The van der Waals surface area contributed by atoms with Crippen LogP contribution in [0.3, 0.4) is 0 Å². The molecule has 0 aliphatic carbocycles. The van der Waals surface area contributed by atoms with Crippen molar-refractivity contribution in [3.63, 3.8) is 0 Å². The van der Waals surface area contributed by atoms with Crippen LogP contribution in [0.1, 0.15) is 6.92 Å². The quantitative estimate of drug-likeness (QED) is 0.284. The number of carbonyl (C=O) groups is 1. The summed E-state index contributed by atoms with van der Waals surface area (Å²) in [6.45, 7) is 17.6. The van der Waals surface area contributed by atoms with Gasteiger partial charge in [-0.05, 0) is 45.7 Å². The average Bonchev–Trinajstić information content (AvgIpc) is 2.18. The second-order valence-electron chi connectivity index (χ2n) is 6.25. The molecule has 0 aromatic heterocycles. The molecule has 0 saturated carbocycles. The van der Waals surface area contributed by atoms with Crippen molar-refractivity contribution < 1.29 is 18.4 Å². The molecule has 0 N–H and O–H groups in total. The summed E-state index contributed by atoms with van der Waals surface area (Å²) >= 11 is 0. The predicted octanol–water partition coefficient (Wildman–Crippen LogP) is 3.18. The van der Waals surface area contributed by atoms with Crippen molar-refractivity contribution >= 4 is 22.6 Å². The third kappa shape index (κ3) is 11.1. The van der Waals surface area contributed by atoms with E-state index in [4.69, 9.17) is 13.6 Å². The first-order valence-electron chi connectivity index (χ1n) is 6.64. The summed E-state index contributed by atoms with van der Waals surface area (Å²) in [5, 5.41) is 0. The number of carbonyl (C=O) groups excluding carboxylic acids is 1. The highest BCUT2D eigenvalue weighted by Crippen LogP contribution is 2.17. The zero-order valence-electron chi connectivity index (χ0n) is 13.2. The number of rotatable bonds is 9. The van der Waals surface area contributed by atoms with Gasteiger partial charge >= 0.3 is 5.97 Å². The van der Waals surface area contributed by atoms with E-state index in [0.29, 0.717) is 18.8 Å². The van der Waals surface area contributed by atoms with Gasteiger partial charge in [-0.1, -0.05) is 6.58 Å². The Morgan fingerprint density at radius 3 is 2.11 bits per heavy atom. The van der Waals surface area contributed by atoms with E-state index >= 15 is 0 Å². The Bertz CT molecular complexity index is 308. The van der Waals surface area contributed by atoms with Gasteiger partial charge in [-0.25, -0.2) is 4.79 Å². The minimum absolute atomic E-state index is 0.280. The van der Waals surface area contributed by atoms with Gasteiger partial charge in [0, 0.05) is 12.2 Å². The van der Waals surface area contributed by atoms with E-state index in [1.807, 2.05) is 0 Å². The zero-order valence-corrected chi connectivity index (χ0v) is 15.2. The number of esters is 1. The van der Waals surface area contributed by atoms with Crippen molar-refractivity contribution in [2.45, 2.75) is 45.7 Å². The minimum atomic E-state index is -1.62. The lowest BCUT2D eigenvalue weighted by atomic mass is 10.4. The summed E-state index contributed by atoms with van der Waals surface area (Å²) in [6.07, 6.45) is 0. The lowest BCUT2D eigenvalue weighted by Crippen LogP contribution is -2.42. The lowest BCUT2D eigenvalue weighted by molar-refractivity contribution is -0.140.